The van der Waals surface area contributed by atoms with Gasteiger partial charge in [0.1, 0.15) is 26.2 Å². The summed E-state index contributed by atoms with van der Waals surface area (Å²) >= 11 is 0. The topological polar surface area (TPSA) is 27.7 Å². The smallest absolute Gasteiger partial charge is 0.102 e. The van der Waals surface area contributed by atoms with Gasteiger partial charge in [-0.1, -0.05) is 13.8 Å². The molecule has 0 rings (SSSR count). The van der Waals surface area contributed by atoms with Crippen LogP contribution in [-0.4, -0.2) is 103 Å². The lowest BCUT2D eigenvalue weighted by Crippen LogP contribution is -2.46. The van der Waals surface area contributed by atoms with Gasteiger partial charge in [-0.3, -0.25) is 0 Å². The molecule has 0 amide bonds. The second-order valence-corrected chi connectivity index (χ2v) is 7.60. The summed E-state index contributed by atoms with van der Waals surface area (Å²) in [4.78, 5) is 0. The van der Waals surface area contributed by atoms with Gasteiger partial charge in [-0.15, -0.1) is 0 Å². The first kappa shape index (κ1) is 22.8. The molecule has 0 radical (unpaired) electrons. The molecule has 0 saturated heterocycles. The van der Waals surface area contributed by atoms with E-state index in [1.165, 1.54) is 0 Å². The van der Waals surface area contributed by atoms with Gasteiger partial charge in [0.25, 0.3) is 0 Å². The van der Waals surface area contributed by atoms with Gasteiger partial charge in [-0.25, -0.2) is 0 Å². The van der Waals surface area contributed by atoms with Crippen molar-refractivity contribution in [2.75, 3.05) is 94.0 Å². The van der Waals surface area contributed by atoms with E-state index in [2.05, 4.69) is 42.0 Å². The van der Waals surface area contributed by atoms with Crippen LogP contribution in [0.1, 0.15) is 26.7 Å². The minimum absolute atomic E-state index is 0.813. The number of ether oxygens (including phenoxy) is 3. The Morgan fingerprint density at radius 1 is 0.478 bits per heavy atom. The Morgan fingerprint density at radius 3 is 1.00 bits per heavy atom. The van der Waals surface area contributed by atoms with Crippen LogP contribution in [0, 0.1) is 0 Å². The maximum atomic E-state index is 5.85. The van der Waals surface area contributed by atoms with Crippen molar-refractivity contribution in [3.05, 3.63) is 0 Å². The fraction of sp³-hybridized carbons (Fsp3) is 1.00. The molecular weight excluding hydrogens is 292 g/mol. The van der Waals surface area contributed by atoms with Crippen LogP contribution in [0.15, 0.2) is 0 Å². The summed E-state index contributed by atoms with van der Waals surface area (Å²) in [5, 5.41) is 0. The van der Waals surface area contributed by atoms with Gasteiger partial charge in [0.15, 0.2) is 0 Å². The predicted molar refractivity (Wildman–Crippen MR) is 96.7 cm³/mol. The number of quaternary nitrogens is 2. The minimum Gasteiger partial charge on any atom is -0.376 e. The molecule has 5 nitrogen and oxygen atoms in total. The third-order valence-corrected chi connectivity index (χ3v) is 4.06. The van der Waals surface area contributed by atoms with Crippen molar-refractivity contribution in [2.24, 2.45) is 0 Å². The molecule has 140 valence electrons. The Balaban J connectivity index is 3.65. The highest BCUT2D eigenvalue weighted by Crippen LogP contribution is 2.00. The van der Waals surface area contributed by atoms with Crippen LogP contribution in [0.4, 0.5) is 0 Å². The molecule has 0 heterocycles. The van der Waals surface area contributed by atoms with E-state index >= 15 is 0 Å². The molecule has 0 aromatic carbocycles. The molecule has 0 spiro atoms. The maximum Gasteiger partial charge on any atom is 0.102 e. The molecule has 0 aliphatic heterocycles. The molecular formula is C18H42N2O3+2. The van der Waals surface area contributed by atoms with Gasteiger partial charge in [0.05, 0.1) is 54.6 Å². The molecule has 0 N–H and O–H groups in total. The highest BCUT2D eigenvalue weighted by atomic mass is 16.5. The van der Waals surface area contributed by atoms with Crippen LogP contribution in [-0.2, 0) is 14.2 Å². The average Bonchev–Trinajstić information content (AvgIpc) is 2.48. The van der Waals surface area contributed by atoms with Gasteiger partial charge in [-0.2, -0.15) is 0 Å². The van der Waals surface area contributed by atoms with Crippen LogP contribution in [0.2, 0.25) is 0 Å². The third kappa shape index (κ3) is 15.1. The van der Waals surface area contributed by atoms with Crippen LogP contribution in [0.25, 0.3) is 0 Å². The quantitative estimate of drug-likeness (QED) is 0.319. The molecule has 0 aliphatic carbocycles. The van der Waals surface area contributed by atoms with Gasteiger partial charge in [0.2, 0.25) is 0 Å². The summed E-state index contributed by atoms with van der Waals surface area (Å²) in [5.74, 6) is 0. The van der Waals surface area contributed by atoms with E-state index in [0.29, 0.717) is 0 Å². The molecule has 0 saturated carbocycles. The molecule has 0 atom stereocenters. The molecule has 0 bridgehead atoms. The van der Waals surface area contributed by atoms with Crippen molar-refractivity contribution in [3.8, 4) is 0 Å². The van der Waals surface area contributed by atoms with E-state index in [9.17, 15) is 0 Å². The number of nitrogens with zero attached hydrogens (tertiary/aromatic N) is 2. The van der Waals surface area contributed by atoms with Crippen LogP contribution in [0.5, 0.6) is 0 Å². The summed E-state index contributed by atoms with van der Waals surface area (Å²) < 4.78 is 18.9. The van der Waals surface area contributed by atoms with Gasteiger partial charge >= 0.3 is 0 Å². The number of rotatable bonds is 16. The van der Waals surface area contributed by atoms with Crippen molar-refractivity contribution in [1.82, 2.24) is 0 Å². The normalized spacial score (nSPS) is 12.8. The molecule has 23 heavy (non-hydrogen) atoms. The SMILES string of the molecule is CCCOCC[N+](C)(C)CCOCC[N+](C)(C)CCOCCC. The first-order valence-electron chi connectivity index (χ1n) is 9.20. The average molecular weight is 335 g/mol. The Labute approximate surface area is 144 Å². The van der Waals surface area contributed by atoms with E-state index in [0.717, 1.165) is 87.6 Å². The third-order valence-electron chi connectivity index (χ3n) is 4.06. The highest BCUT2D eigenvalue weighted by Gasteiger charge is 2.16. The summed E-state index contributed by atoms with van der Waals surface area (Å²) in [6.45, 7) is 13.5. The zero-order chi connectivity index (χ0) is 17.6. The van der Waals surface area contributed by atoms with E-state index < -0.39 is 0 Å². The van der Waals surface area contributed by atoms with Gasteiger partial charge < -0.3 is 23.2 Å². The van der Waals surface area contributed by atoms with Crippen molar-refractivity contribution < 1.29 is 23.2 Å². The summed E-state index contributed by atoms with van der Waals surface area (Å²) in [6.07, 6.45) is 2.18. The van der Waals surface area contributed by atoms with Crippen LogP contribution >= 0.6 is 0 Å². The lowest BCUT2D eigenvalue weighted by Gasteiger charge is -2.31. The molecule has 0 unspecified atom stereocenters. The zero-order valence-electron chi connectivity index (χ0n) is 16.6. The van der Waals surface area contributed by atoms with Gasteiger partial charge in [-0.05, 0) is 12.8 Å². The zero-order valence-corrected chi connectivity index (χ0v) is 16.6. The molecule has 0 aromatic rings. The van der Waals surface area contributed by atoms with Crippen LogP contribution < -0.4 is 0 Å². The Bertz CT molecular complexity index is 245. The van der Waals surface area contributed by atoms with Crippen molar-refractivity contribution in [1.29, 1.82) is 0 Å². The first-order valence-corrected chi connectivity index (χ1v) is 9.20. The lowest BCUT2D eigenvalue weighted by molar-refractivity contribution is -0.894. The Morgan fingerprint density at radius 2 is 0.739 bits per heavy atom. The molecule has 0 aliphatic rings. The van der Waals surface area contributed by atoms with Crippen LogP contribution in [0.3, 0.4) is 0 Å². The van der Waals surface area contributed by atoms with E-state index in [-0.39, 0.29) is 0 Å². The number of hydrogen-bond donors (Lipinski definition) is 0. The minimum atomic E-state index is 0.813. The lowest BCUT2D eigenvalue weighted by atomic mass is 10.4. The maximum absolute atomic E-state index is 5.85. The van der Waals surface area contributed by atoms with E-state index in [1.54, 1.807) is 0 Å². The fourth-order valence-corrected chi connectivity index (χ4v) is 2.07. The number of hydrogen-bond acceptors (Lipinski definition) is 3. The highest BCUT2D eigenvalue weighted by molar-refractivity contribution is 4.39. The van der Waals surface area contributed by atoms with E-state index in [1.807, 2.05) is 0 Å². The second-order valence-electron chi connectivity index (χ2n) is 7.60. The molecule has 0 aromatic heterocycles. The Kier molecular flexibility index (Phi) is 13.0. The summed E-state index contributed by atoms with van der Waals surface area (Å²) in [5.41, 5.74) is 0. The molecule has 5 heteroatoms. The Hall–Kier alpha value is -0.200. The van der Waals surface area contributed by atoms with E-state index in [4.69, 9.17) is 14.2 Å². The van der Waals surface area contributed by atoms with Crippen molar-refractivity contribution in [2.45, 2.75) is 26.7 Å². The number of likely N-dealkylation sites (N-methyl/N-ethyl adjacent to an activating group) is 2. The summed E-state index contributed by atoms with van der Waals surface area (Å²) in [7, 11) is 8.96. The second kappa shape index (κ2) is 13.1. The summed E-state index contributed by atoms with van der Waals surface area (Å²) in [6, 6.07) is 0. The standard InChI is InChI=1S/C18H42N2O3/c1-7-13-21-15-9-19(3,4)11-17-23-18-12-20(5,6)10-16-22-14-8-2/h7-18H2,1-6H3/q+2. The van der Waals surface area contributed by atoms with Crippen molar-refractivity contribution in [3.63, 3.8) is 0 Å². The first-order chi connectivity index (χ1) is 10.8. The predicted octanol–water partition coefficient (Wildman–Crippen LogP) is 2.01. The largest absolute Gasteiger partial charge is 0.376 e. The fourth-order valence-electron chi connectivity index (χ4n) is 2.07. The molecule has 0 fully saturated rings. The van der Waals surface area contributed by atoms with Gasteiger partial charge in [0, 0.05) is 13.2 Å². The van der Waals surface area contributed by atoms with Crippen molar-refractivity contribution >= 4 is 0 Å². The monoisotopic (exact) mass is 334 g/mol.